The minimum absolute atomic E-state index is 0.843. The Morgan fingerprint density at radius 2 is 2.13 bits per heavy atom. The summed E-state index contributed by atoms with van der Waals surface area (Å²) < 4.78 is 1.25. The highest BCUT2D eigenvalue weighted by Crippen LogP contribution is 2.28. The summed E-state index contributed by atoms with van der Waals surface area (Å²) in [6.45, 7) is 4.60. The Hall–Kier alpha value is 0.140. The lowest BCUT2D eigenvalue weighted by molar-refractivity contribution is 0.202. The molecule has 0 saturated heterocycles. The minimum atomic E-state index is 0.843. The van der Waals surface area contributed by atoms with Crippen LogP contribution in [0.5, 0.6) is 0 Å². The van der Waals surface area contributed by atoms with E-state index in [1.54, 1.807) is 0 Å². The second-order valence-electron chi connectivity index (χ2n) is 4.21. The molecule has 0 aromatic carbocycles. The van der Waals surface area contributed by atoms with Gasteiger partial charge in [0.1, 0.15) is 0 Å². The third kappa shape index (κ3) is 3.05. The topological polar surface area (TPSA) is 3.24 Å². The molecule has 15 heavy (non-hydrogen) atoms. The number of halogens is 1. The normalized spacial score (nSPS) is 17.8. The van der Waals surface area contributed by atoms with Crippen molar-refractivity contribution in [2.24, 2.45) is 0 Å². The summed E-state index contributed by atoms with van der Waals surface area (Å²) >= 11 is 5.39. The van der Waals surface area contributed by atoms with Crippen molar-refractivity contribution in [3.8, 4) is 0 Å². The lowest BCUT2D eigenvalue weighted by atomic mass is 10.2. The summed E-state index contributed by atoms with van der Waals surface area (Å²) in [5, 5.41) is 0. The van der Waals surface area contributed by atoms with E-state index in [0.29, 0.717) is 0 Å². The van der Waals surface area contributed by atoms with Gasteiger partial charge in [-0.25, -0.2) is 0 Å². The van der Waals surface area contributed by atoms with Gasteiger partial charge in [0.15, 0.2) is 0 Å². The van der Waals surface area contributed by atoms with Crippen LogP contribution in [0, 0.1) is 0 Å². The van der Waals surface area contributed by atoms with Gasteiger partial charge >= 0.3 is 0 Å². The molecule has 1 aromatic rings. The molecule has 0 unspecified atom stereocenters. The smallest absolute Gasteiger partial charge is 0.0701 e. The summed E-state index contributed by atoms with van der Waals surface area (Å²) in [6.07, 6.45) is 5.66. The van der Waals surface area contributed by atoms with Gasteiger partial charge in [0.25, 0.3) is 0 Å². The third-order valence-corrected chi connectivity index (χ3v) is 4.84. The largest absolute Gasteiger partial charge is 0.296 e. The predicted molar refractivity (Wildman–Crippen MR) is 70.4 cm³/mol. The maximum Gasteiger partial charge on any atom is 0.0701 e. The van der Waals surface area contributed by atoms with Crippen LogP contribution >= 0.6 is 27.3 Å². The van der Waals surface area contributed by atoms with Crippen LogP contribution in [-0.2, 0) is 6.54 Å². The SMILES string of the molecule is CCN(Cc1ccc(Br)s1)C1CCCC1. The van der Waals surface area contributed by atoms with Crippen LogP contribution in [-0.4, -0.2) is 17.5 Å². The fourth-order valence-corrected chi connectivity index (χ4v) is 3.91. The molecule has 1 aromatic heterocycles. The summed E-state index contributed by atoms with van der Waals surface area (Å²) in [4.78, 5) is 4.11. The maximum absolute atomic E-state index is 3.53. The van der Waals surface area contributed by atoms with Crippen LogP contribution in [0.1, 0.15) is 37.5 Å². The summed E-state index contributed by atoms with van der Waals surface area (Å²) in [5.41, 5.74) is 0. The molecule has 84 valence electrons. The first kappa shape index (κ1) is 11.6. The van der Waals surface area contributed by atoms with E-state index >= 15 is 0 Å². The van der Waals surface area contributed by atoms with E-state index in [4.69, 9.17) is 0 Å². The highest BCUT2D eigenvalue weighted by atomic mass is 79.9. The molecule has 0 N–H and O–H groups in total. The summed E-state index contributed by atoms with van der Waals surface area (Å²) in [6, 6.07) is 5.24. The highest BCUT2D eigenvalue weighted by molar-refractivity contribution is 9.11. The van der Waals surface area contributed by atoms with Crippen LogP contribution in [0.25, 0.3) is 0 Å². The van der Waals surface area contributed by atoms with Crippen molar-refractivity contribution in [3.63, 3.8) is 0 Å². The Balaban J connectivity index is 1.95. The monoisotopic (exact) mass is 287 g/mol. The van der Waals surface area contributed by atoms with Gasteiger partial charge in [0.05, 0.1) is 3.79 Å². The summed E-state index contributed by atoms with van der Waals surface area (Å²) in [7, 11) is 0. The first-order chi connectivity index (χ1) is 7.29. The molecule has 0 atom stereocenters. The van der Waals surface area contributed by atoms with Crippen molar-refractivity contribution in [1.29, 1.82) is 0 Å². The Bertz CT molecular complexity index is 304. The van der Waals surface area contributed by atoms with Gasteiger partial charge in [0.2, 0.25) is 0 Å². The molecule has 0 spiro atoms. The third-order valence-electron chi connectivity index (χ3n) is 3.24. The van der Waals surface area contributed by atoms with Crippen LogP contribution in [0.2, 0.25) is 0 Å². The minimum Gasteiger partial charge on any atom is -0.296 e. The van der Waals surface area contributed by atoms with Gasteiger partial charge in [-0.15, -0.1) is 11.3 Å². The molecule has 1 aliphatic rings. The van der Waals surface area contributed by atoms with Gasteiger partial charge in [-0.1, -0.05) is 19.8 Å². The lowest BCUT2D eigenvalue weighted by Crippen LogP contribution is -2.32. The molecule has 1 nitrogen and oxygen atoms in total. The summed E-state index contributed by atoms with van der Waals surface area (Å²) in [5.74, 6) is 0. The number of hydrogen-bond donors (Lipinski definition) is 0. The molecule has 0 amide bonds. The average Bonchev–Trinajstić information content (AvgIpc) is 2.85. The Morgan fingerprint density at radius 1 is 1.40 bits per heavy atom. The van der Waals surface area contributed by atoms with Gasteiger partial charge in [-0.3, -0.25) is 4.90 Å². The molecule has 0 radical (unpaired) electrons. The van der Waals surface area contributed by atoms with Gasteiger partial charge in [-0.2, -0.15) is 0 Å². The number of thiophene rings is 1. The van der Waals surface area contributed by atoms with Crippen molar-refractivity contribution in [1.82, 2.24) is 4.90 Å². The van der Waals surface area contributed by atoms with Crippen molar-refractivity contribution >= 4 is 27.3 Å². The number of rotatable bonds is 4. The number of nitrogens with zero attached hydrogens (tertiary/aromatic N) is 1. The van der Waals surface area contributed by atoms with Crippen molar-refractivity contribution in [3.05, 3.63) is 20.8 Å². The molecule has 1 fully saturated rings. The van der Waals surface area contributed by atoms with E-state index in [-0.39, 0.29) is 0 Å². The van der Waals surface area contributed by atoms with E-state index in [1.807, 2.05) is 11.3 Å². The molecule has 3 heteroatoms. The highest BCUT2D eigenvalue weighted by Gasteiger charge is 2.21. The number of hydrogen-bond acceptors (Lipinski definition) is 2. The molecule has 0 bridgehead atoms. The van der Waals surface area contributed by atoms with E-state index in [0.717, 1.165) is 12.6 Å². The second kappa shape index (κ2) is 5.46. The zero-order valence-electron chi connectivity index (χ0n) is 9.21. The molecule has 0 aliphatic heterocycles. The zero-order chi connectivity index (χ0) is 10.7. The first-order valence-electron chi connectivity index (χ1n) is 5.78. The first-order valence-corrected chi connectivity index (χ1v) is 7.39. The van der Waals surface area contributed by atoms with Crippen LogP contribution in [0.3, 0.4) is 0 Å². The van der Waals surface area contributed by atoms with E-state index in [9.17, 15) is 0 Å². The standard InChI is InChI=1S/C12H18BrNS/c1-2-14(10-5-3-4-6-10)9-11-7-8-12(13)15-11/h7-8,10H,2-6,9H2,1H3. The Kier molecular flexibility index (Phi) is 4.23. The molecular weight excluding hydrogens is 270 g/mol. The second-order valence-corrected chi connectivity index (χ2v) is 6.75. The fraction of sp³-hybridized carbons (Fsp3) is 0.667. The predicted octanol–water partition coefficient (Wildman–Crippen LogP) is 4.28. The van der Waals surface area contributed by atoms with Crippen LogP contribution in [0.15, 0.2) is 15.9 Å². The molecule has 2 rings (SSSR count). The van der Waals surface area contributed by atoms with E-state index < -0.39 is 0 Å². The quantitative estimate of drug-likeness (QED) is 0.799. The van der Waals surface area contributed by atoms with E-state index in [2.05, 4.69) is 39.9 Å². The van der Waals surface area contributed by atoms with Crippen molar-refractivity contribution in [2.75, 3.05) is 6.54 Å². The lowest BCUT2D eigenvalue weighted by Gasteiger charge is -2.26. The fourth-order valence-electron chi connectivity index (χ4n) is 2.41. The maximum atomic E-state index is 3.53. The molecule has 1 saturated carbocycles. The van der Waals surface area contributed by atoms with E-state index in [1.165, 1.54) is 40.9 Å². The van der Waals surface area contributed by atoms with Crippen molar-refractivity contribution in [2.45, 2.75) is 45.2 Å². The Labute approximate surface area is 105 Å². The molecule has 1 heterocycles. The van der Waals surface area contributed by atoms with Crippen LogP contribution in [0.4, 0.5) is 0 Å². The average molecular weight is 288 g/mol. The van der Waals surface area contributed by atoms with Gasteiger partial charge < -0.3 is 0 Å². The molecular formula is C12H18BrNS. The molecule has 1 aliphatic carbocycles. The van der Waals surface area contributed by atoms with Crippen LogP contribution < -0.4 is 0 Å². The zero-order valence-corrected chi connectivity index (χ0v) is 11.6. The van der Waals surface area contributed by atoms with Gasteiger partial charge in [0, 0.05) is 17.5 Å². The van der Waals surface area contributed by atoms with Crippen molar-refractivity contribution < 1.29 is 0 Å². The van der Waals surface area contributed by atoms with Gasteiger partial charge in [-0.05, 0) is 47.4 Å². The Morgan fingerprint density at radius 3 is 2.67 bits per heavy atom.